The zero-order valence-electron chi connectivity index (χ0n) is 18.3. The number of fused-ring (bicyclic) bond motifs is 11. The lowest BCUT2D eigenvalue weighted by Crippen LogP contribution is -1.92. The molecule has 0 bridgehead atoms. The quantitative estimate of drug-likeness (QED) is 0.220. The van der Waals surface area contributed by atoms with E-state index in [4.69, 9.17) is 0 Å². The SMILES string of the molecule is c1ccc(-n2c3ccccc3c3c4ccc5ccc6c7ccccc7sc6c5c4ccc32)cc1. The molecule has 2 heterocycles. The molecule has 0 radical (unpaired) electrons. The van der Waals surface area contributed by atoms with Gasteiger partial charge in [-0.25, -0.2) is 0 Å². The Morgan fingerprint density at radius 1 is 0.441 bits per heavy atom. The predicted octanol–water partition coefficient (Wildman–Crippen LogP) is 9.46. The normalized spacial score (nSPS) is 12.1. The maximum Gasteiger partial charge on any atom is 0.0547 e. The molecule has 0 fully saturated rings. The van der Waals surface area contributed by atoms with Crippen LogP contribution in [0.3, 0.4) is 0 Å². The van der Waals surface area contributed by atoms with Crippen molar-refractivity contribution in [2.75, 3.05) is 0 Å². The molecule has 2 heteroatoms. The number of nitrogens with zero attached hydrogens (tertiary/aromatic N) is 1. The Hall–Kier alpha value is -4.14. The third-order valence-electron chi connectivity index (χ3n) is 7.17. The number of benzene rings is 6. The number of rotatable bonds is 1. The highest BCUT2D eigenvalue weighted by atomic mass is 32.1. The van der Waals surface area contributed by atoms with E-state index in [9.17, 15) is 0 Å². The van der Waals surface area contributed by atoms with Crippen molar-refractivity contribution in [2.45, 2.75) is 0 Å². The van der Waals surface area contributed by atoms with Gasteiger partial charge in [0, 0.05) is 42.0 Å². The Morgan fingerprint density at radius 2 is 1.12 bits per heavy atom. The molecule has 0 amide bonds. The van der Waals surface area contributed by atoms with Crippen molar-refractivity contribution in [3.05, 3.63) is 115 Å². The molecule has 8 aromatic rings. The minimum atomic E-state index is 1.20. The monoisotopic (exact) mass is 449 g/mol. The Bertz CT molecular complexity index is 2060. The van der Waals surface area contributed by atoms with Gasteiger partial charge in [-0.15, -0.1) is 11.3 Å². The van der Waals surface area contributed by atoms with Gasteiger partial charge in [0.05, 0.1) is 11.0 Å². The summed E-state index contributed by atoms with van der Waals surface area (Å²) >= 11 is 1.91. The Kier molecular flexibility index (Phi) is 3.60. The fourth-order valence-corrected chi connectivity index (χ4v) is 7.00. The van der Waals surface area contributed by atoms with Crippen molar-refractivity contribution in [3.8, 4) is 5.69 Å². The van der Waals surface area contributed by atoms with Gasteiger partial charge in [-0.1, -0.05) is 84.9 Å². The van der Waals surface area contributed by atoms with Gasteiger partial charge < -0.3 is 4.57 Å². The van der Waals surface area contributed by atoms with E-state index in [1.54, 1.807) is 0 Å². The van der Waals surface area contributed by atoms with Gasteiger partial charge in [-0.2, -0.15) is 0 Å². The van der Waals surface area contributed by atoms with Crippen LogP contribution in [-0.4, -0.2) is 4.57 Å². The Balaban J connectivity index is 1.60. The third kappa shape index (κ3) is 2.33. The molecule has 0 unspecified atom stereocenters. The highest BCUT2D eigenvalue weighted by Crippen LogP contribution is 2.44. The molecule has 1 nitrogen and oxygen atoms in total. The fourth-order valence-electron chi connectivity index (χ4n) is 5.73. The number of hydrogen-bond acceptors (Lipinski definition) is 1. The molecule has 0 aliphatic heterocycles. The van der Waals surface area contributed by atoms with Crippen molar-refractivity contribution in [1.29, 1.82) is 0 Å². The van der Waals surface area contributed by atoms with Crippen molar-refractivity contribution < 1.29 is 0 Å². The first-order valence-corrected chi connectivity index (χ1v) is 12.4. The molecular weight excluding hydrogens is 430 g/mol. The second kappa shape index (κ2) is 6.69. The second-order valence-electron chi connectivity index (χ2n) is 8.95. The fraction of sp³-hybridized carbons (Fsp3) is 0. The highest BCUT2D eigenvalue weighted by molar-refractivity contribution is 7.26. The zero-order valence-corrected chi connectivity index (χ0v) is 19.1. The Labute approximate surface area is 200 Å². The van der Waals surface area contributed by atoms with Gasteiger partial charge in [0.2, 0.25) is 0 Å². The first kappa shape index (κ1) is 18.3. The molecule has 34 heavy (non-hydrogen) atoms. The van der Waals surface area contributed by atoms with Crippen molar-refractivity contribution >= 4 is 74.9 Å². The van der Waals surface area contributed by atoms with Crippen LogP contribution in [0.2, 0.25) is 0 Å². The summed E-state index contributed by atoms with van der Waals surface area (Å²) in [5.41, 5.74) is 3.69. The van der Waals surface area contributed by atoms with Gasteiger partial charge in [-0.3, -0.25) is 0 Å². The van der Waals surface area contributed by atoms with E-state index < -0.39 is 0 Å². The molecule has 0 aliphatic rings. The van der Waals surface area contributed by atoms with Gasteiger partial charge in [-0.05, 0) is 46.5 Å². The van der Waals surface area contributed by atoms with E-state index >= 15 is 0 Å². The maximum atomic E-state index is 2.40. The van der Waals surface area contributed by atoms with E-state index in [0.717, 1.165) is 0 Å². The highest BCUT2D eigenvalue weighted by Gasteiger charge is 2.17. The van der Waals surface area contributed by atoms with Crippen LogP contribution in [0.1, 0.15) is 0 Å². The minimum Gasteiger partial charge on any atom is -0.309 e. The summed E-state index contributed by atoms with van der Waals surface area (Å²) in [6, 6.07) is 42.1. The maximum absolute atomic E-state index is 2.40. The van der Waals surface area contributed by atoms with Crippen molar-refractivity contribution in [3.63, 3.8) is 0 Å². The van der Waals surface area contributed by atoms with Crippen LogP contribution in [-0.2, 0) is 0 Å². The molecule has 8 rings (SSSR count). The van der Waals surface area contributed by atoms with Crippen molar-refractivity contribution in [1.82, 2.24) is 4.57 Å². The summed E-state index contributed by atoms with van der Waals surface area (Å²) < 4.78 is 5.13. The summed E-state index contributed by atoms with van der Waals surface area (Å²) in [5.74, 6) is 0. The molecule has 0 saturated heterocycles. The first-order valence-electron chi connectivity index (χ1n) is 11.6. The number of para-hydroxylation sites is 2. The molecule has 0 aliphatic carbocycles. The zero-order chi connectivity index (χ0) is 22.2. The largest absolute Gasteiger partial charge is 0.309 e. The molecule has 0 N–H and O–H groups in total. The van der Waals surface area contributed by atoms with Gasteiger partial charge >= 0.3 is 0 Å². The summed E-state index contributed by atoms with van der Waals surface area (Å²) in [6.45, 7) is 0. The number of aromatic nitrogens is 1. The van der Waals surface area contributed by atoms with Gasteiger partial charge in [0.25, 0.3) is 0 Å². The summed E-state index contributed by atoms with van der Waals surface area (Å²) in [4.78, 5) is 0. The van der Waals surface area contributed by atoms with Crippen LogP contribution in [0.25, 0.3) is 69.2 Å². The van der Waals surface area contributed by atoms with E-state index in [1.165, 1.54) is 69.2 Å². The van der Waals surface area contributed by atoms with Gasteiger partial charge in [0.15, 0.2) is 0 Å². The topological polar surface area (TPSA) is 4.93 Å². The lowest BCUT2D eigenvalue weighted by atomic mass is 9.97. The number of hydrogen-bond donors (Lipinski definition) is 0. The summed E-state index contributed by atoms with van der Waals surface area (Å²) in [5, 5.41) is 10.7. The molecule has 0 atom stereocenters. The molecule has 0 saturated carbocycles. The smallest absolute Gasteiger partial charge is 0.0547 e. The van der Waals surface area contributed by atoms with Crippen LogP contribution in [0.4, 0.5) is 0 Å². The second-order valence-corrected chi connectivity index (χ2v) is 10.00. The van der Waals surface area contributed by atoms with Crippen molar-refractivity contribution in [2.24, 2.45) is 0 Å². The standard InChI is InChI=1S/C32H19NS/c1-2-8-21(9-3-1)33-27-12-6-4-11-26(27)31-24-16-14-20-15-17-25-22-10-5-7-13-29(22)34-32(25)30(20)23(24)18-19-28(31)33/h1-19H. The molecule has 0 spiro atoms. The lowest BCUT2D eigenvalue weighted by Gasteiger charge is -2.09. The number of thiophene rings is 1. The lowest BCUT2D eigenvalue weighted by molar-refractivity contribution is 1.18. The molecular formula is C32H19NS. The van der Waals surface area contributed by atoms with Crippen LogP contribution in [0, 0.1) is 0 Å². The van der Waals surface area contributed by atoms with Gasteiger partial charge in [0.1, 0.15) is 0 Å². The first-order chi connectivity index (χ1) is 16.9. The van der Waals surface area contributed by atoms with E-state index in [0.29, 0.717) is 0 Å². The summed E-state index contributed by atoms with van der Waals surface area (Å²) in [7, 11) is 0. The molecule has 2 aromatic heterocycles. The molecule has 6 aromatic carbocycles. The van der Waals surface area contributed by atoms with E-state index in [-0.39, 0.29) is 0 Å². The van der Waals surface area contributed by atoms with E-state index in [1.807, 2.05) is 11.3 Å². The average molecular weight is 450 g/mol. The Morgan fingerprint density at radius 3 is 2.00 bits per heavy atom. The van der Waals surface area contributed by atoms with Crippen LogP contribution < -0.4 is 0 Å². The predicted molar refractivity (Wildman–Crippen MR) is 149 cm³/mol. The third-order valence-corrected chi connectivity index (χ3v) is 8.38. The average Bonchev–Trinajstić information content (AvgIpc) is 3.45. The van der Waals surface area contributed by atoms with Crippen LogP contribution in [0.5, 0.6) is 0 Å². The minimum absolute atomic E-state index is 1.20. The molecule has 158 valence electrons. The van der Waals surface area contributed by atoms with Crippen LogP contribution >= 0.6 is 11.3 Å². The van der Waals surface area contributed by atoms with E-state index in [2.05, 4.69) is 120 Å². The van der Waals surface area contributed by atoms with Crippen LogP contribution in [0.15, 0.2) is 115 Å². The summed E-state index contributed by atoms with van der Waals surface area (Å²) in [6.07, 6.45) is 0.